The van der Waals surface area contributed by atoms with Crippen LogP contribution in [0.5, 0.6) is 0 Å². The molecule has 1 atom stereocenters. The fourth-order valence-corrected chi connectivity index (χ4v) is 3.49. The third kappa shape index (κ3) is 3.45. The normalized spacial score (nSPS) is 12.3. The highest BCUT2D eigenvalue weighted by molar-refractivity contribution is 5.99. The Morgan fingerprint density at radius 2 is 1.90 bits per heavy atom. The van der Waals surface area contributed by atoms with E-state index in [0.29, 0.717) is 17.8 Å². The van der Waals surface area contributed by atoms with Crippen molar-refractivity contribution in [2.45, 2.75) is 33.7 Å². The van der Waals surface area contributed by atoms with Crippen molar-refractivity contribution < 1.29 is 9.18 Å². The number of aryl methyl sites for hydroxylation is 1. The van der Waals surface area contributed by atoms with Crippen molar-refractivity contribution in [3.05, 3.63) is 71.1 Å². The molecule has 0 aliphatic heterocycles. The molecule has 0 fully saturated rings. The molecule has 3 aromatic heterocycles. The average Bonchev–Trinajstić information content (AvgIpc) is 3.29. The average molecular weight is 406 g/mol. The number of aromatic nitrogens is 5. The van der Waals surface area contributed by atoms with Gasteiger partial charge in [-0.25, -0.2) is 13.9 Å². The molecule has 4 rings (SSSR count). The number of hydrogen-bond acceptors (Lipinski definition) is 4. The van der Waals surface area contributed by atoms with Gasteiger partial charge in [-0.3, -0.25) is 9.48 Å². The second-order valence-electron chi connectivity index (χ2n) is 7.43. The maximum atomic E-state index is 13.3. The van der Waals surface area contributed by atoms with Crippen LogP contribution in [0.1, 0.15) is 40.3 Å². The maximum Gasteiger partial charge on any atom is 0.256 e. The first-order valence-electron chi connectivity index (χ1n) is 9.76. The van der Waals surface area contributed by atoms with Crippen molar-refractivity contribution in [1.29, 1.82) is 0 Å². The number of halogens is 1. The molecule has 1 aromatic carbocycles. The molecule has 7 nitrogen and oxygen atoms in total. The summed E-state index contributed by atoms with van der Waals surface area (Å²) in [5.41, 5.74) is 5.59. The molecule has 30 heavy (non-hydrogen) atoms. The van der Waals surface area contributed by atoms with E-state index < -0.39 is 0 Å². The van der Waals surface area contributed by atoms with Gasteiger partial charge in [0.05, 0.1) is 23.6 Å². The molecule has 154 valence electrons. The van der Waals surface area contributed by atoms with Gasteiger partial charge in [-0.2, -0.15) is 10.2 Å². The van der Waals surface area contributed by atoms with Gasteiger partial charge >= 0.3 is 0 Å². The number of carbonyl (C=O) groups is 1. The van der Waals surface area contributed by atoms with Crippen molar-refractivity contribution in [3.63, 3.8) is 0 Å². The number of nitrogens with zero attached hydrogens (tertiary/aromatic N) is 5. The van der Waals surface area contributed by atoms with E-state index in [-0.39, 0.29) is 17.8 Å². The predicted octanol–water partition coefficient (Wildman–Crippen LogP) is 3.65. The second-order valence-corrected chi connectivity index (χ2v) is 7.43. The molecule has 0 spiro atoms. The van der Waals surface area contributed by atoms with Gasteiger partial charge in [-0.05, 0) is 63.6 Å². The fraction of sp³-hybridized carbons (Fsp3) is 0.273. The van der Waals surface area contributed by atoms with E-state index in [1.807, 2.05) is 32.4 Å². The molecule has 0 saturated heterocycles. The summed E-state index contributed by atoms with van der Waals surface area (Å²) in [6.07, 6.45) is 3.12. The van der Waals surface area contributed by atoms with E-state index in [2.05, 4.69) is 20.5 Å². The number of rotatable bonds is 5. The van der Waals surface area contributed by atoms with Gasteiger partial charge in [0.15, 0.2) is 5.65 Å². The summed E-state index contributed by atoms with van der Waals surface area (Å²) in [7, 11) is 0. The van der Waals surface area contributed by atoms with E-state index in [9.17, 15) is 9.18 Å². The molecule has 0 bridgehead atoms. The van der Waals surface area contributed by atoms with Crippen LogP contribution in [-0.4, -0.2) is 36.8 Å². The van der Waals surface area contributed by atoms with Crippen LogP contribution in [0.15, 0.2) is 42.7 Å². The summed E-state index contributed by atoms with van der Waals surface area (Å²) in [4.78, 5) is 17.1. The Kier molecular flexibility index (Phi) is 5.07. The van der Waals surface area contributed by atoms with Gasteiger partial charge in [0, 0.05) is 24.0 Å². The van der Waals surface area contributed by atoms with E-state index in [1.54, 1.807) is 28.9 Å². The van der Waals surface area contributed by atoms with Gasteiger partial charge in [0.2, 0.25) is 0 Å². The predicted molar refractivity (Wildman–Crippen MR) is 112 cm³/mol. The van der Waals surface area contributed by atoms with E-state index >= 15 is 0 Å². The lowest BCUT2D eigenvalue weighted by atomic mass is 10.1. The lowest BCUT2D eigenvalue weighted by molar-refractivity contribution is 0.0949. The van der Waals surface area contributed by atoms with E-state index in [0.717, 1.165) is 28.2 Å². The highest BCUT2D eigenvalue weighted by atomic mass is 19.1. The Labute approximate surface area is 173 Å². The van der Waals surface area contributed by atoms with Crippen LogP contribution in [-0.2, 0) is 0 Å². The van der Waals surface area contributed by atoms with E-state index in [1.165, 1.54) is 18.3 Å². The quantitative estimate of drug-likeness (QED) is 0.549. The summed E-state index contributed by atoms with van der Waals surface area (Å²) in [5.74, 6) is -0.560. The first kappa shape index (κ1) is 19.8. The maximum absolute atomic E-state index is 13.3. The van der Waals surface area contributed by atoms with Crippen molar-refractivity contribution in [1.82, 2.24) is 29.7 Å². The Morgan fingerprint density at radius 3 is 2.57 bits per heavy atom. The summed E-state index contributed by atoms with van der Waals surface area (Å²) in [6, 6.07) is 7.91. The van der Waals surface area contributed by atoms with Gasteiger partial charge < -0.3 is 5.32 Å². The third-order valence-corrected chi connectivity index (χ3v) is 5.45. The zero-order valence-electron chi connectivity index (χ0n) is 17.3. The van der Waals surface area contributed by atoms with Crippen LogP contribution in [0.2, 0.25) is 0 Å². The largest absolute Gasteiger partial charge is 0.350 e. The highest BCUT2D eigenvalue weighted by Gasteiger charge is 2.18. The third-order valence-electron chi connectivity index (χ3n) is 5.45. The number of nitrogens with one attached hydrogen (secondary N) is 1. The minimum Gasteiger partial charge on any atom is -0.350 e. The molecule has 8 heteroatoms. The zero-order valence-corrected chi connectivity index (χ0v) is 17.3. The topological polar surface area (TPSA) is 77.1 Å². The first-order valence-corrected chi connectivity index (χ1v) is 9.76. The molecule has 1 N–H and O–H groups in total. The number of carbonyl (C=O) groups excluding carboxylic acids is 1. The van der Waals surface area contributed by atoms with Crippen molar-refractivity contribution in [2.24, 2.45) is 0 Å². The van der Waals surface area contributed by atoms with Crippen LogP contribution >= 0.6 is 0 Å². The molecule has 0 aliphatic rings. The molecule has 0 unspecified atom stereocenters. The summed E-state index contributed by atoms with van der Waals surface area (Å²) in [5, 5.41) is 11.9. The number of fused-ring (bicyclic) bond motifs is 1. The van der Waals surface area contributed by atoms with Crippen LogP contribution < -0.4 is 5.32 Å². The Hall–Kier alpha value is -3.55. The van der Waals surface area contributed by atoms with Crippen LogP contribution in [0.4, 0.5) is 4.39 Å². The summed E-state index contributed by atoms with van der Waals surface area (Å²) in [6.45, 7) is 8.49. The van der Waals surface area contributed by atoms with E-state index in [4.69, 9.17) is 0 Å². The molecule has 0 radical (unpaired) electrons. The SMILES string of the molecule is Cc1nn([C@H](C)CNC(=O)c2cnn3c(-c4ccc(F)cc4)ccnc23)c(C)c1C. The van der Waals surface area contributed by atoms with Gasteiger partial charge in [0.25, 0.3) is 5.91 Å². The summed E-state index contributed by atoms with van der Waals surface area (Å²) < 4.78 is 16.8. The standard InChI is InChI=1S/C22H23FN6O/c1-13(28-16(4)14(2)15(3)27-28)11-25-22(30)19-12-26-29-20(9-10-24-21(19)29)17-5-7-18(23)8-6-17/h5-10,12-13H,11H2,1-4H3,(H,25,30)/t13-/m1/s1. The Morgan fingerprint density at radius 1 is 1.17 bits per heavy atom. The molecule has 4 aromatic rings. The smallest absolute Gasteiger partial charge is 0.256 e. The van der Waals surface area contributed by atoms with Crippen LogP contribution in [0.25, 0.3) is 16.9 Å². The van der Waals surface area contributed by atoms with Crippen molar-refractivity contribution >= 4 is 11.6 Å². The Balaban J connectivity index is 1.56. The molecular weight excluding hydrogens is 383 g/mol. The second kappa shape index (κ2) is 7.70. The first-order chi connectivity index (χ1) is 14.4. The minimum atomic E-state index is -0.309. The fourth-order valence-electron chi connectivity index (χ4n) is 3.49. The highest BCUT2D eigenvalue weighted by Crippen LogP contribution is 2.21. The molecular formula is C22H23FN6O. The van der Waals surface area contributed by atoms with Gasteiger partial charge in [-0.1, -0.05) is 0 Å². The summed E-state index contributed by atoms with van der Waals surface area (Å²) >= 11 is 0. The van der Waals surface area contributed by atoms with Gasteiger partial charge in [-0.15, -0.1) is 0 Å². The van der Waals surface area contributed by atoms with Crippen molar-refractivity contribution in [2.75, 3.05) is 6.54 Å². The van der Waals surface area contributed by atoms with Crippen LogP contribution in [0.3, 0.4) is 0 Å². The van der Waals surface area contributed by atoms with Crippen molar-refractivity contribution in [3.8, 4) is 11.3 Å². The lowest BCUT2D eigenvalue weighted by Crippen LogP contribution is -2.30. The number of hydrogen-bond donors (Lipinski definition) is 1. The monoisotopic (exact) mass is 406 g/mol. The molecule has 3 heterocycles. The lowest BCUT2D eigenvalue weighted by Gasteiger charge is -2.15. The molecule has 0 saturated carbocycles. The zero-order chi connectivity index (χ0) is 21.4. The molecule has 1 amide bonds. The van der Waals surface area contributed by atoms with Gasteiger partial charge in [0.1, 0.15) is 11.4 Å². The molecule has 0 aliphatic carbocycles. The minimum absolute atomic E-state index is 0.00549. The Bertz CT molecular complexity index is 1220. The van der Waals surface area contributed by atoms with Crippen LogP contribution in [0, 0.1) is 26.6 Å². The number of benzene rings is 1. The number of amides is 1.